The Balaban J connectivity index is 1.64. The van der Waals surface area contributed by atoms with Gasteiger partial charge < -0.3 is 19.6 Å². The Labute approximate surface area is 160 Å². The summed E-state index contributed by atoms with van der Waals surface area (Å²) in [6.45, 7) is 6.76. The van der Waals surface area contributed by atoms with Crippen molar-refractivity contribution in [1.29, 1.82) is 0 Å². The predicted octanol–water partition coefficient (Wildman–Crippen LogP) is 1.57. The fourth-order valence-electron chi connectivity index (χ4n) is 3.90. The number of hydrogen-bond donors (Lipinski definition) is 1. The predicted molar refractivity (Wildman–Crippen MR) is 105 cm³/mol. The summed E-state index contributed by atoms with van der Waals surface area (Å²) < 4.78 is 5.75. The molecule has 0 amide bonds. The van der Waals surface area contributed by atoms with Crippen LogP contribution in [-0.2, 0) is 0 Å². The average Bonchev–Trinajstić information content (AvgIpc) is 2.69. The van der Waals surface area contributed by atoms with Crippen molar-refractivity contribution in [2.24, 2.45) is 0 Å². The lowest BCUT2D eigenvalue weighted by Crippen LogP contribution is -2.52. The van der Waals surface area contributed by atoms with Crippen LogP contribution in [0.4, 0.5) is 11.4 Å². The molecule has 0 atom stereocenters. The lowest BCUT2D eigenvalue weighted by atomic mass is 10.0. The summed E-state index contributed by atoms with van der Waals surface area (Å²) >= 11 is 0. The highest BCUT2D eigenvalue weighted by molar-refractivity contribution is 5.62. The number of non-ortho nitro benzene ring substituents is 1. The molecular weight excluding hydrogens is 348 g/mol. The molecule has 0 saturated carbocycles. The van der Waals surface area contributed by atoms with Crippen molar-refractivity contribution in [1.82, 2.24) is 9.80 Å². The van der Waals surface area contributed by atoms with Gasteiger partial charge in [-0.1, -0.05) is 0 Å². The number of rotatable bonds is 7. The van der Waals surface area contributed by atoms with Crippen molar-refractivity contribution in [2.45, 2.75) is 25.3 Å². The average molecular weight is 378 g/mol. The molecule has 8 nitrogen and oxygen atoms in total. The van der Waals surface area contributed by atoms with E-state index in [0.29, 0.717) is 24.8 Å². The van der Waals surface area contributed by atoms with Gasteiger partial charge in [0.2, 0.25) is 0 Å². The zero-order valence-corrected chi connectivity index (χ0v) is 16.0. The van der Waals surface area contributed by atoms with Gasteiger partial charge in [0.25, 0.3) is 5.69 Å². The number of benzene rings is 1. The summed E-state index contributed by atoms with van der Waals surface area (Å²) in [6, 6.07) is 5.45. The fourth-order valence-corrected chi connectivity index (χ4v) is 3.90. The summed E-state index contributed by atoms with van der Waals surface area (Å²) in [5, 5.41) is 20.1. The first-order valence-corrected chi connectivity index (χ1v) is 9.78. The molecule has 2 fully saturated rings. The fraction of sp³-hybridized carbons (Fsp3) is 0.684. The third-order valence-corrected chi connectivity index (χ3v) is 5.57. The lowest BCUT2D eigenvalue weighted by Gasteiger charge is -2.42. The Morgan fingerprint density at radius 2 is 1.89 bits per heavy atom. The molecule has 0 aromatic heterocycles. The molecule has 2 aliphatic rings. The number of ether oxygens (including phenoxy) is 1. The van der Waals surface area contributed by atoms with Gasteiger partial charge in [-0.05, 0) is 26.0 Å². The second-order valence-corrected chi connectivity index (χ2v) is 7.39. The van der Waals surface area contributed by atoms with Crippen molar-refractivity contribution in [3.8, 4) is 5.75 Å². The lowest BCUT2D eigenvalue weighted by molar-refractivity contribution is -0.384. The molecule has 8 heteroatoms. The number of aliphatic hydroxyl groups is 1. The number of nitro benzene ring substituents is 1. The third kappa shape index (κ3) is 5.09. The Morgan fingerprint density at radius 1 is 1.19 bits per heavy atom. The van der Waals surface area contributed by atoms with Gasteiger partial charge >= 0.3 is 0 Å². The summed E-state index contributed by atoms with van der Waals surface area (Å²) in [5.74, 6) is 0.538. The van der Waals surface area contributed by atoms with E-state index in [9.17, 15) is 10.1 Å². The van der Waals surface area contributed by atoms with Crippen LogP contribution in [0.25, 0.3) is 0 Å². The van der Waals surface area contributed by atoms with Gasteiger partial charge in [-0.25, -0.2) is 0 Å². The van der Waals surface area contributed by atoms with Gasteiger partial charge in [-0.2, -0.15) is 0 Å². The first kappa shape index (κ1) is 19.9. The molecule has 0 unspecified atom stereocenters. The quantitative estimate of drug-likeness (QED) is 0.438. The number of nitrogens with zero attached hydrogens (tertiary/aromatic N) is 4. The molecule has 2 aliphatic heterocycles. The van der Waals surface area contributed by atoms with Crippen LogP contribution in [0.5, 0.6) is 5.75 Å². The van der Waals surface area contributed by atoms with Crippen molar-refractivity contribution in [3.63, 3.8) is 0 Å². The third-order valence-electron chi connectivity index (χ3n) is 5.57. The number of likely N-dealkylation sites (N-methyl/N-ethyl adjacent to an activating group) is 1. The molecule has 1 aromatic rings. The zero-order chi connectivity index (χ0) is 19.2. The minimum atomic E-state index is -0.401. The van der Waals surface area contributed by atoms with Gasteiger partial charge in [0.05, 0.1) is 23.3 Å². The molecule has 1 N–H and O–H groups in total. The second kappa shape index (κ2) is 9.34. The summed E-state index contributed by atoms with van der Waals surface area (Å²) in [4.78, 5) is 17.9. The molecule has 0 aliphatic carbocycles. The molecular formula is C19H30N4O4. The monoisotopic (exact) mass is 378 g/mol. The van der Waals surface area contributed by atoms with Crippen molar-refractivity contribution < 1.29 is 14.8 Å². The maximum atomic E-state index is 11.1. The first-order chi connectivity index (χ1) is 13.1. The number of nitro groups is 1. The van der Waals surface area contributed by atoms with E-state index in [2.05, 4.69) is 21.7 Å². The Kier molecular flexibility index (Phi) is 6.87. The molecule has 0 spiro atoms. The number of anilines is 1. The van der Waals surface area contributed by atoms with Crippen LogP contribution in [0.15, 0.2) is 18.2 Å². The number of aliphatic hydroxyl groups excluding tert-OH is 1. The molecule has 2 saturated heterocycles. The van der Waals surface area contributed by atoms with Crippen molar-refractivity contribution in [3.05, 3.63) is 28.3 Å². The molecule has 150 valence electrons. The maximum Gasteiger partial charge on any atom is 0.273 e. The Bertz CT molecular complexity index is 626. The SMILES string of the molecule is CN1CCN(C2CCN(c3ccc([N+](=O)[O-])cc3OCCCO)CC2)CC1. The first-order valence-electron chi connectivity index (χ1n) is 9.78. The zero-order valence-electron chi connectivity index (χ0n) is 16.0. The van der Waals surface area contributed by atoms with E-state index in [1.807, 2.05) is 0 Å². The normalized spacial score (nSPS) is 20.0. The molecule has 27 heavy (non-hydrogen) atoms. The Morgan fingerprint density at radius 3 is 2.52 bits per heavy atom. The largest absolute Gasteiger partial charge is 0.491 e. The van der Waals surface area contributed by atoms with Crippen LogP contribution in [0, 0.1) is 10.1 Å². The molecule has 0 radical (unpaired) electrons. The highest BCUT2D eigenvalue weighted by atomic mass is 16.6. The van der Waals surface area contributed by atoms with Crippen molar-refractivity contribution >= 4 is 11.4 Å². The van der Waals surface area contributed by atoms with Gasteiger partial charge in [0.15, 0.2) is 0 Å². The highest BCUT2D eigenvalue weighted by Crippen LogP contribution is 2.34. The van der Waals surface area contributed by atoms with E-state index >= 15 is 0 Å². The van der Waals surface area contributed by atoms with Crippen LogP contribution in [0.3, 0.4) is 0 Å². The van der Waals surface area contributed by atoms with E-state index in [4.69, 9.17) is 9.84 Å². The topological polar surface area (TPSA) is 82.3 Å². The van der Waals surface area contributed by atoms with E-state index < -0.39 is 4.92 Å². The van der Waals surface area contributed by atoms with Crippen LogP contribution in [-0.4, -0.2) is 85.4 Å². The van der Waals surface area contributed by atoms with E-state index in [1.165, 1.54) is 6.07 Å². The van der Waals surface area contributed by atoms with Crippen LogP contribution in [0.2, 0.25) is 0 Å². The summed E-state index contributed by atoms with van der Waals surface area (Å²) in [7, 11) is 2.17. The van der Waals surface area contributed by atoms with Crippen LogP contribution in [0.1, 0.15) is 19.3 Å². The minimum absolute atomic E-state index is 0.0325. The summed E-state index contributed by atoms with van der Waals surface area (Å²) in [5.41, 5.74) is 0.945. The van der Waals surface area contributed by atoms with Crippen molar-refractivity contribution in [2.75, 3.05) is 64.4 Å². The van der Waals surface area contributed by atoms with E-state index in [1.54, 1.807) is 12.1 Å². The summed E-state index contributed by atoms with van der Waals surface area (Å²) in [6.07, 6.45) is 2.70. The van der Waals surface area contributed by atoms with Gasteiger partial charge in [-0.3, -0.25) is 15.0 Å². The highest BCUT2D eigenvalue weighted by Gasteiger charge is 2.28. The number of hydrogen-bond acceptors (Lipinski definition) is 7. The van der Waals surface area contributed by atoms with Crippen LogP contribution >= 0.6 is 0 Å². The molecule has 3 rings (SSSR count). The molecule has 2 heterocycles. The number of piperazine rings is 1. The minimum Gasteiger partial charge on any atom is -0.491 e. The molecule has 0 bridgehead atoms. The van der Waals surface area contributed by atoms with E-state index in [-0.39, 0.29) is 12.3 Å². The van der Waals surface area contributed by atoms with Gasteiger partial charge in [-0.15, -0.1) is 0 Å². The van der Waals surface area contributed by atoms with Gasteiger partial charge in [0.1, 0.15) is 5.75 Å². The standard InChI is InChI=1S/C19H30N4O4/c1-20-9-11-21(12-10-20)16-5-7-22(8-6-16)18-4-3-17(23(25)26)15-19(18)27-14-2-13-24/h3-4,15-16,24H,2,5-14H2,1H3. The second-order valence-electron chi connectivity index (χ2n) is 7.39. The van der Waals surface area contributed by atoms with Crippen LogP contribution < -0.4 is 9.64 Å². The van der Waals surface area contributed by atoms with Gasteiger partial charge in [0, 0.05) is 64.4 Å². The number of piperidine rings is 1. The smallest absolute Gasteiger partial charge is 0.273 e. The van der Waals surface area contributed by atoms with E-state index in [0.717, 1.165) is 57.8 Å². The Hall–Kier alpha value is -1.90. The maximum absolute atomic E-state index is 11.1. The molecule has 1 aromatic carbocycles.